The molecule has 0 unspecified atom stereocenters. The van der Waals surface area contributed by atoms with Crippen LogP contribution in [0.5, 0.6) is 0 Å². The van der Waals surface area contributed by atoms with E-state index in [1.807, 2.05) is 0 Å². The summed E-state index contributed by atoms with van der Waals surface area (Å²) in [6, 6.07) is 36.3. The molecule has 0 saturated heterocycles. The topological polar surface area (TPSA) is 17.3 Å². The van der Waals surface area contributed by atoms with Gasteiger partial charge >= 0.3 is 0 Å². The van der Waals surface area contributed by atoms with Crippen molar-refractivity contribution >= 4 is 16.7 Å². The minimum absolute atomic E-state index is 0.986. The maximum absolute atomic E-state index is 5.09. The lowest BCUT2D eigenvalue weighted by Gasteiger charge is -2.08. The predicted octanol–water partition coefficient (Wildman–Crippen LogP) is 7.23. The number of pyridine rings is 1. The van der Waals surface area contributed by atoms with E-state index in [0.717, 1.165) is 11.3 Å². The summed E-state index contributed by atoms with van der Waals surface area (Å²) in [4.78, 5) is 5.09. The molecule has 3 heterocycles. The highest BCUT2D eigenvalue weighted by atomic mass is 15.0. The average molecular weight is 384 g/mol. The molecule has 2 heteroatoms. The van der Waals surface area contributed by atoms with Gasteiger partial charge in [-0.2, -0.15) is 0 Å². The summed E-state index contributed by atoms with van der Waals surface area (Å²) in [5.41, 5.74) is 11.8. The predicted molar refractivity (Wildman–Crippen MR) is 125 cm³/mol. The van der Waals surface area contributed by atoms with Crippen molar-refractivity contribution in [2.75, 3.05) is 0 Å². The molecule has 0 spiro atoms. The summed E-state index contributed by atoms with van der Waals surface area (Å²) in [6.07, 6.45) is 0. The normalized spacial score (nSPS) is 11.5. The largest absolute Gasteiger partial charge is 0.291 e. The lowest BCUT2D eigenvalue weighted by Crippen LogP contribution is -1.86. The molecule has 0 amide bonds. The van der Waals surface area contributed by atoms with Crippen LogP contribution >= 0.6 is 0 Å². The van der Waals surface area contributed by atoms with Gasteiger partial charge < -0.3 is 0 Å². The summed E-state index contributed by atoms with van der Waals surface area (Å²) in [5.74, 6) is 0. The molecule has 3 aromatic heterocycles. The minimum Gasteiger partial charge on any atom is -0.291 e. The molecule has 0 atom stereocenters. The number of hydrogen-bond donors (Lipinski definition) is 0. The zero-order valence-electron chi connectivity index (χ0n) is 16.7. The van der Waals surface area contributed by atoms with E-state index in [2.05, 4.69) is 114 Å². The summed E-state index contributed by atoms with van der Waals surface area (Å²) >= 11 is 0. The van der Waals surface area contributed by atoms with Gasteiger partial charge in [-0.15, -0.1) is 0 Å². The van der Waals surface area contributed by atoms with E-state index in [0.29, 0.717) is 0 Å². The van der Waals surface area contributed by atoms with Crippen LogP contribution in [-0.4, -0.2) is 9.38 Å². The maximum atomic E-state index is 5.09. The van der Waals surface area contributed by atoms with E-state index in [-0.39, 0.29) is 0 Å². The van der Waals surface area contributed by atoms with E-state index in [1.54, 1.807) is 0 Å². The van der Waals surface area contributed by atoms with Crippen LogP contribution in [0.4, 0.5) is 0 Å². The SMILES string of the molecule is Cc1ccccc1-c1nc2cccc3c(-c4ccccc4)c(-c4ccccc4)c1n23. The van der Waals surface area contributed by atoms with Gasteiger partial charge in [0, 0.05) is 16.7 Å². The standard InChI is InChI=1S/C28H20N2/c1-19-11-8-9-16-22(19)27-28-26(21-14-6-3-7-15-21)25(20-12-4-2-5-13-20)23-17-10-18-24(29-27)30(23)28/h2-18H,1H3. The Kier molecular flexibility index (Phi) is 3.72. The van der Waals surface area contributed by atoms with Crippen molar-refractivity contribution in [3.8, 4) is 33.5 Å². The van der Waals surface area contributed by atoms with Crippen molar-refractivity contribution in [3.63, 3.8) is 0 Å². The first-order chi connectivity index (χ1) is 14.8. The Bertz CT molecular complexity index is 1480. The highest BCUT2D eigenvalue weighted by molar-refractivity contribution is 6.09. The van der Waals surface area contributed by atoms with E-state index in [1.165, 1.54) is 44.4 Å². The first-order valence-electron chi connectivity index (χ1n) is 10.3. The first kappa shape index (κ1) is 17.0. The second kappa shape index (κ2) is 6.57. The summed E-state index contributed by atoms with van der Waals surface area (Å²) in [6.45, 7) is 2.16. The molecular formula is C28H20N2. The molecule has 0 N–H and O–H groups in total. The van der Waals surface area contributed by atoms with Crippen molar-refractivity contribution in [1.29, 1.82) is 0 Å². The second-order valence-electron chi connectivity index (χ2n) is 7.71. The van der Waals surface area contributed by atoms with E-state index >= 15 is 0 Å². The Morgan fingerprint density at radius 2 is 1.23 bits per heavy atom. The Balaban J connectivity index is 1.84. The van der Waals surface area contributed by atoms with Gasteiger partial charge in [0.25, 0.3) is 0 Å². The van der Waals surface area contributed by atoms with Crippen LogP contribution in [0.3, 0.4) is 0 Å². The lowest BCUT2D eigenvalue weighted by atomic mass is 9.94. The van der Waals surface area contributed by atoms with Gasteiger partial charge in [0.1, 0.15) is 5.65 Å². The van der Waals surface area contributed by atoms with Crippen LogP contribution in [0, 0.1) is 6.92 Å². The van der Waals surface area contributed by atoms with Gasteiger partial charge in [0.05, 0.1) is 16.7 Å². The monoisotopic (exact) mass is 384 g/mol. The van der Waals surface area contributed by atoms with Gasteiger partial charge in [-0.3, -0.25) is 4.40 Å². The van der Waals surface area contributed by atoms with Crippen molar-refractivity contribution in [2.45, 2.75) is 6.92 Å². The lowest BCUT2D eigenvalue weighted by molar-refractivity contribution is 1.30. The van der Waals surface area contributed by atoms with Crippen molar-refractivity contribution in [3.05, 3.63) is 109 Å². The molecule has 6 aromatic rings. The summed E-state index contributed by atoms with van der Waals surface area (Å²) < 4.78 is 2.33. The molecule has 6 rings (SSSR count). The molecule has 0 radical (unpaired) electrons. The van der Waals surface area contributed by atoms with Crippen molar-refractivity contribution < 1.29 is 0 Å². The fourth-order valence-electron chi connectivity index (χ4n) is 4.57. The van der Waals surface area contributed by atoms with Crippen molar-refractivity contribution in [2.24, 2.45) is 0 Å². The van der Waals surface area contributed by atoms with Crippen LogP contribution in [0.1, 0.15) is 5.56 Å². The zero-order chi connectivity index (χ0) is 20.1. The number of rotatable bonds is 3. The van der Waals surface area contributed by atoms with Crippen LogP contribution in [0.25, 0.3) is 50.2 Å². The van der Waals surface area contributed by atoms with Crippen molar-refractivity contribution in [1.82, 2.24) is 9.38 Å². The molecule has 142 valence electrons. The Hall–Kier alpha value is -3.91. The third-order valence-electron chi connectivity index (χ3n) is 5.91. The highest BCUT2D eigenvalue weighted by Gasteiger charge is 2.25. The number of benzene rings is 3. The molecule has 3 aromatic carbocycles. The molecule has 0 aliphatic heterocycles. The number of nitrogens with zero attached hydrogens (tertiary/aromatic N) is 2. The fraction of sp³-hybridized carbons (Fsp3) is 0.0357. The summed E-state index contributed by atoms with van der Waals surface area (Å²) in [7, 11) is 0. The minimum atomic E-state index is 0.986. The summed E-state index contributed by atoms with van der Waals surface area (Å²) in [5, 5.41) is 0. The smallest absolute Gasteiger partial charge is 0.138 e. The zero-order valence-corrected chi connectivity index (χ0v) is 16.7. The average Bonchev–Trinajstić information content (AvgIpc) is 3.35. The van der Waals surface area contributed by atoms with Crippen LogP contribution in [-0.2, 0) is 0 Å². The molecule has 0 aliphatic carbocycles. The number of hydrogen-bond acceptors (Lipinski definition) is 1. The van der Waals surface area contributed by atoms with Gasteiger partial charge in [0.15, 0.2) is 0 Å². The van der Waals surface area contributed by atoms with E-state index < -0.39 is 0 Å². The Morgan fingerprint density at radius 1 is 0.600 bits per heavy atom. The first-order valence-corrected chi connectivity index (χ1v) is 10.3. The van der Waals surface area contributed by atoms with Crippen LogP contribution < -0.4 is 0 Å². The van der Waals surface area contributed by atoms with Gasteiger partial charge in [-0.25, -0.2) is 4.98 Å². The Morgan fingerprint density at radius 3 is 1.93 bits per heavy atom. The third-order valence-corrected chi connectivity index (χ3v) is 5.91. The van der Waals surface area contributed by atoms with E-state index in [9.17, 15) is 0 Å². The van der Waals surface area contributed by atoms with Crippen LogP contribution in [0.2, 0.25) is 0 Å². The number of aryl methyl sites for hydroxylation is 1. The molecule has 0 aliphatic rings. The second-order valence-corrected chi connectivity index (χ2v) is 7.71. The highest BCUT2D eigenvalue weighted by Crippen LogP contribution is 2.45. The Labute approximate surface area is 175 Å². The maximum Gasteiger partial charge on any atom is 0.138 e. The van der Waals surface area contributed by atoms with Gasteiger partial charge in [-0.1, -0.05) is 91.0 Å². The molecule has 30 heavy (non-hydrogen) atoms. The fourth-order valence-corrected chi connectivity index (χ4v) is 4.57. The third kappa shape index (κ3) is 2.40. The molecule has 0 saturated carbocycles. The van der Waals surface area contributed by atoms with E-state index in [4.69, 9.17) is 4.98 Å². The van der Waals surface area contributed by atoms with Crippen LogP contribution in [0.15, 0.2) is 103 Å². The number of imidazole rings is 1. The molecule has 2 nitrogen and oxygen atoms in total. The van der Waals surface area contributed by atoms with Gasteiger partial charge in [-0.05, 0) is 35.7 Å². The molecule has 0 fully saturated rings. The number of aromatic nitrogens is 2. The quantitative estimate of drug-likeness (QED) is 0.314. The molecular weight excluding hydrogens is 364 g/mol. The molecule has 0 bridgehead atoms. The van der Waals surface area contributed by atoms with Gasteiger partial charge in [0.2, 0.25) is 0 Å².